The first-order chi connectivity index (χ1) is 10.1. The third kappa shape index (κ3) is 3.98. The quantitative estimate of drug-likeness (QED) is 0.834. The predicted octanol–water partition coefficient (Wildman–Crippen LogP) is 2.77. The van der Waals surface area contributed by atoms with Gasteiger partial charge in [0.1, 0.15) is 6.61 Å². The van der Waals surface area contributed by atoms with Crippen LogP contribution in [0.5, 0.6) is 11.5 Å². The molecule has 0 aromatic heterocycles. The third-order valence-electron chi connectivity index (χ3n) is 3.05. The zero-order chi connectivity index (χ0) is 15.2. The van der Waals surface area contributed by atoms with Gasteiger partial charge in [0.05, 0.1) is 23.7 Å². The molecule has 0 heterocycles. The number of nitrogens with two attached hydrogens (primary N) is 1. The number of rotatable bonds is 6. The summed E-state index contributed by atoms with van der Waals surface area (Å²) in [4.78, 5) is 0.763. The highest BCUT2D eigenvalue weighted by atomic mass is 32.2. The van der Waals surface area contributed by atoms with E-state index in [1.807, 2.05) is 37.3 Å². The second-order valence-corrected chi connectivity index (χ2v) is 6.11. The van der Waals surface area contributed by atoms with Crippen molar-refractivity contribution in [3.8, 4) is 11.5 Å². The number of nitrogen functional groups attached to an aromatic ring is 1. The van der Waals surface area contributed by atoms with E-state index in [9.17, 15) is 4.21 Å². The fraction of sp³-hybridized carbons (Fsp3) is 0.250. The van der Waals surface area contributed by atoms with Crippen LogP contribution in [0.2, 0.25) is 0 Å². The average molecular weight is 305 g/mol. The molecule has 112 valence electrons. The molecule has 0 aliphatic rings. The molecule has 0 aliphatic carbocycles. The van der Waals surface area contributed by atoms with Crippen molar-refractivity contribution in [2.45, 2.75) is 11.8 Å². The van der Waals surface area contributed by atoms with Gasteiger partial charge in [0.15, 0.2) is 11.5 Å². The summed E-state index contributed by atoms with van der Waals surface area (Å²) < 4.78 is 23.2. The van der Waals surface area contributed by atoms with Gasteiger partial charge in [0.2, 0.25) is 0 Å². The Kier molecular flexibility index (Phi) is 5.22. The Morgan fingerprint density at radius 3 is 2.57 bits per heavy atom. The topological polar surface area (TPSA) is 61.5 Å². The van der Waals surface area contributed by atoms with E-state index in [0.717, 1.165) is 10.5 Å². The fourth-order valence-corrected chi connectivity index (χ4v) is 3.09. The Morgan fingerprint density at radius 2 is 1.86 bits per heavy atom. The van der Waals surface area contributed by atoms with Crippen LogP contribution in [-0.2, 0) is 10.8 Å². The van der Waals surface area contributed by atoms with Gasteiger partial charge in [-0.1, -0.05) is 18.2 Å². The summed E-state index contributed by atoms with van der Waals surface area (Å²) in [5, 5.41) is 0. The Labute approximate surface area is 127 Å². The van der Waals surface area contributed by atoms with Gasteiger partial charge in [-0.2, -0.15) is 0 Å². The Morgan fingerprint density at radius 1 is 1.14 bits per heavy atom. The van der Waals surface area contributed by atoms with Crippen LogP contribution >= 0.6 is 0 Å². The number of methoxy groups -OCH3 is 1. The molecule has 2 N–H and O–H groups in total. The van der Waals surface area contributed by atoms with Crippen molar-refractivity contribution in [1.82, 2.24) is 0 Å². The second kappa shape index (κ2) is 7.13. The van der Waals surface area contributed by atoms with Gasteiger partial charge in [-0.15, -0.1) is 0 Å². The Bertz CT molecular complexity index is 643. The summed E-state index contributed by atoms with van der Waals surface area (Å²) in [7, 11) is 0.460. The molecule has 0 saturated heterocycles. The summed E-state index contributed by atoms with van der Waals surface area (Å²) in [5.74, 6) is 1.73. The molecule has 1 unspecified atom stereocenters. The average Bonchev–Trinajstić information content (AvgIpc) is 2.50. The number of aryl methyl sites for hydroxylation is 1. The lowest BCUT2D eigenvalue weighted by Gasteiger charge is -2.11. The Balaban J connectivity index is 1.97. The predicted molar refractivity (Wildman–Crippen MR) is 85.4 cm³/mol. The molecule has 0 spiro atoms. The zero-order valence-corrected chi connectivity index (χ0v) is 13.0. The van der Waals surface area contributed by atoms with Crippen LogP contribution in [0.3, 0.4) is 0 Å². The summed E-state index contributed by atoms with van der Waals surface area (Å²) in [5.41, 5.74) is 7.33. The number of ether oxygens (including phenoxy) is 2. The van der Waals surface area contributed by atoms with Crippen molar-refractivity contribution in [3.05, 3.63) is 48.0 Å². The van der Waals surface area contributed by atoms with Crippen molar-refractivity contribution < 1.29 is 13.7 Å². The molecule has 0 fully saturated rings. The van der Waals surface area contributed by atoms with E-state index in [0.29, 0.717) is 29.5 Å². The lowest BCUT2D eigenvalue weighted by atomic mass is 10.2. The molecule has 0 bridgehead atoms. The van der Waals surface area contributed by atoms with Crippen LogP contribution in [0.25, 0.3) is 0 Å². The first-order valence-electron chi connectivity index (χ1n) is 6.62. The normalized spacial score (nSPS) is 11.9. The summed E-state index contributed by atoms with van der Waals surface area (Å²) >= 11 is 0. The highest BCUT2D eigenvalue weighted by Gasteiger charge is 2.09. The third-order valence-corrected chi connectivity index (χ3v) is 4.52. The van der Waals surface area contributed by atoms with Gasteiger partial charge in [-0.3, -0.25) is 4.21 Å². The molecule has 0 amide bonds. The van der Waals surface area contributed by atoms with E-state index in [2.05, 4.69) is 0 Å². The van der Waals surface area contributed by atoms with Crippen molar-refractivity contribution in [2.75, 3.05) is 25.2 Å². The van der Waals surface area contributed by atoms with E-state index in [1.54, 1.807) is 19.2 Å². The number of anilines is 1. The van der Waals surface area contributed by atoms with Crippen LogP contribution in [0.15, 0.2) is 47.4 Å². The number of hydrogen-bond donors (Lipinski definition) is 1. The van der Waals surface area contributed by atoms with Crippen molar-refractivity contribution >= 4 is 16.5 Å². The maximum atomic E-state index is 12.3. The van der Waals surface area contributed by atoms with Crippen molar-refractivity contribution in [3.63, 3.8) is 0 Å². The number of benzene rings is 2. The number of hydrogen-bond acceptors (Lipinski definition) is 4. The molecule has 0 saturated carbocycles. The van der Waals surface area contributed by atoms with Gasteiger partial charge in [0.25, 0.3) is 0 Å². The number of para-hydroxylation sites is 2. The lowest BCUT2D eigenvalue weighted by Crippen LogP contribution is -2.10. The smallest absolute Gasteiger partial charge is 0.161 e. The van der Waals surface area contributed by atoms with Crippen LogP contribution in [0.1, 0.15) is 5.56 Å². The molecule has 1 atom stereocenters. The van der Waals surface area contributed by atoms with Crippen LogP contribution in [0.4, 0.5) is 5.69 Å². The van der Waals surface area contributed by atoms with E-state index in [4.69, 9.17) is 15.2 Å². The van der Waals surface area contributed by atoms with E-state index < -0.39 is 10.8 Å². The minimum absolute atomic E-state index is 0.348. The lowest BCUT2D eigenvalue weighted by molar-refractivity contribution is 0.312. The highest BCUT2D eigenvalue weighted by Crippen LogP contribution is 2.25. The summed E-state index contributed by atoms with van der Waals surface area (Å²) in [6.45, 7) is 2.27. The van der Waals surface area contributed by atoms with Gasteiger partial charge in [0, 0.05) is 10.6 Å². The summed E-state index contributed by atoms with van der Waals surface area (Å²) in [6.07, 6.45) is 0. The van der Waals surface area contributed by atoms with E-state index in [1.165, 1.54) is 0 Å². The van der Waals surface area contributed by atoms with Gasteiger partial charge in [-0.05, 0) is 36.8 Å². The zero-order valence-electron chi connectivity index (χ0n) is 12.2. The van der Waals surface area contributed by atoms with Gasteiger partial charge < -0.3 is 15.2 Å². The Hall–Kier alpha value is -2.01. The molecule has 0 aliphatic heterocycles. The van der Waals surface area contributed by atoms with E-state index in [-0.39, 0.29) is 0 Å². The first kappa shape index (κ1) is 15.4. The largest absolute Gasteiger partial charge is 0.493 e. The molecular formula is C16H19NO3S. The SMILES string of the molecule is COc1ccccc1OCCS(=O)c1cc(N)ccc1C. The van der Waals surface area contributed by atoms with E-state index >= 15 is 0 Å². The first-order valence-corrected chi connectivity index (χ1v) is 7.94. The second-order valence-electron chi connectivity index (χ2n) is 4.57. The minimum atomic E-state index is -1.13. The highest BCUT2D eigenvalue weighted by molar-refractivity contribution is 7.85. The molecule has 4 nitrogen and oxygen atoms in total. The maximum Gasteiger partial charge on any atom is 0.161 e. The van der Waals surface area contributed by atoms with Crippen LogP contribution in [-0.4, -0.2) is 23.7 Å². The summed E-state index contributed by atoms with van der Waals surface area (Å²) in [6, 6.07) is 12.8. The molecule has 2 aromatic rings. The van der Waals surface area contributed by atoms with Gasteiger partial charge >= 0.3 is 0 Å². The molecule has 2 aromatic carbocycles. The molecule has 5 heteroatoms. The molecule has 0 radical (unpaired) electrons. The van der Waals surface area contributed by atoms with Crippen molar-refractivity contribution in [1.29, 1.82) is 0 Å². The standard InChI is InChI=1S/C16H19NO3S/c1-12-7-8-13(17)11-16(12)21(18)10-9-20-15-6-4-3-5-14(15)19-2/h3-8,11H,9-10,17H2,1-2H3. The maximum absolute atomic E-state index is 12.3. The van der Waals surface area contributed by atoms with Gasteiger partial charge in [-0.25, -0.2) is 0 Å². The monoisotopic (exact) mass is 305 g/mol. The fourth-order valence-electron chi connectivity index (χ4n) is 1.94. The molecule has 21 heavy (non-hydrogen) atoms. The molecule has 2 rings (SSSR count). The minimum Gasteiger partial charge on any atom is -0.493 e. The van der Waals surface area contributed by atoms with Crippen molar-refractivity contribution in [2.24, 2.45) is 0 Å². The molecular weight excluding hydrogens is 286 g/mol. The van der Waals surface area contributed by atoms with Crippen LogP contribution in [0, 0.1) is 6.92 Å². The van der Waals surface area contributed by atoms with Crippen LogP contribution < -0.4 is 15.2 Å².